The number of amides is 1. The predicted octanol–water partition coefficient (Wildman–Crippen LogP) is 6.81. The highest BCUT2D eigenvalue weighted by atomic mass is 32.2. The summed E-state index contributed by atoms with van der Waals surface area (Å²) in [6.07, 6.45) is 2.50. The van der Waals surface area contributed by atoms with Crippen molar-refractivity contribution >= 4 is 45.7 Å². The maximum atomic E-state index is 13.5. The molecule has 3 aromatic carbocycles. The lowest BCUT2D eigenvalue weighted by molar-refractivity contribution is -0.132. The van der Waals surface area contributed by atoms with Crippen molar-refractivity contribution in [2.45, 2.75) is 29.5 Å². The number of hydrogen-bond donors (Lipinski definition) is 1. The number of benzene rings is 3. The van der Waals surface area contributed by atoms with E-state index in [0.717, 1.165) is 12.0 Å². The van der Waals surface area contributed by atoms with Crippen LogP contribution in [0.1, 0.15) is 36.1 Å². The topological polar surface area (TPSA) is 102 Å². The fourth-order valence-corrected chi connectivity index (χ4v) is 6.23. The number of ether oxygens (including phenoxy) is 2. The number of aromatic nitrogens is 2. The molecule has 1 atom stereocenters. The van der Waals surface area contributed by atoms with Crippen molar-refractivity contribution in [3.05, 3.63) is 114 Å². The van der Waals surface area contributed by atoms with Gasteiger partial charge in [0.2, 0.25) is 5.13 Å². The molecule has 1 amide bonds. The van der Waals surface area contributed by atoms with Crippen LogP contribution in [0.4, 0.5) is 5.13 Å². The lowest BCUT2D eigenvalue weighted by Gasteiger charge is -2.22. The zero-order valence-electron chi connectivity index (χ0n) is 22.9. The molecule has 1 aliphatic rings. The lowest BCUT2D eigenvalue weighted by Crippen LogP contribution is -2.29. The van der Waals surface area contributed by atoms with E-state index in [2.05, 4.69) is 16.8 Å². The van der Waals surface area contributed by atoms with E-state index in [1.165, 1.54) is 28.0 Å². The van der Waals surface area contributed by atoms with E-state index in [4.69, 9.17) is 9.47 Å². The minimum absolute atomic E-state index is 0.0318. The van der Waals surface area contributed by atoms with E-state index in [-0.39, 0.29) is 16.5 Å². The fraction of sp³-hybridized carbons (Fsp3) is 0.188. The minimum Gasteiger partial charge on any atom is -0.507 e. The summed E-state index contributed by atoms with van der Waals surface area (Å²) in [4.78, 5) is 28.3. The van der Waals surface area contributed by atoms with Crippen LogP contribution in [-0.4, -0.2) is 40.2 Å². The molecule has 1 aromatic heterocycles. The lowest BCUT2D eigenvalue weighted by atomic mass is 9.95. The Morgan fingerprint density at radius 1 is 1.00 bits per heavy atom. The van der Waals surface area contributed by atoms with E-state index in [9.17, 15) is 14.7 Å². The molecule has 8 nitrogen and oxygen atoms in total. The highest BCUT2D eigenvalue weighted by Gasteiger charge is 2.48. The minimum atomic E-state index is -0.922. The van der Waals surface area contributed by atoms with Gasteiger partial charge in [-0.2, -0.15) is 0 Å². The molecule has 0 bridgehead atoms. The average Bonchev–Trinajstić information content (AvgIpc) is 3.60. The van der Waals surface area contributed by atoms with Gasteiger partial charge in [0.25, 0.3) is 5.78 Å². The number of nitrogens with zero attached hydrogens (tertiary/aromatic N) is 3. The smallest absolute Gasteiger partial charge is 0.301 e. The molecule has 1 fully saturated rings. The number of Topliss-reactive ketones (excluding diaryl/α,β-unsaturated/α-hetero) is 1. The Morgan fingerprint density at radius 3 is 2.38 bits per heavy atom. The summed E-state index contributed by atoms with van der Waals surface area (Å²) in [6, 6.07) is 22.9. The molecule has 0 radical (unpaired) electrons. The van der Waals surface area contributed by atoms with Gasteiger partial charge in [0.05, 0.1) is 18.2 Å². The van der Waals surface area contributed by atoms with Crippen LogP contribution in [0, 0.1) is 0 Å². The summed E-state index contributed by atoms with van der Waals surface area (Å²) in [6.45, 7) is 6.58. The SMILES string of the molecule is C=CCOc1ccc(C2/C(=C(\O)c3ccc(OCCC)cc3)C(=O)C(=O)N2c2nnc(SCc3ccccc3)s2)cc1. The Labute approximate surface area is 252 Å². The summed E-state index contributed by atoms with van der Waals surface area (Å²) < 4.78 is 11.9. The van der Waals surface area contributed by atoms with Crippen LogP contribution in [0.3, 0.4) is 0 Å². The molecular formula is C32H29N3O5S2. The number of aliphatic hydroxyl groups is 1. The first-order valence-electron chi connectivity index (χ1n) is 13.4. The molecule has 0 aliphatic carbocycles. The molecule has 10 heteroatoms. The molecular weight excluding hydrogens is 571 g/mol. The van der Waals surface area contributed by atoms with E-state index < -0.39 is 17.7 Å². The number of carbonyl (C=O) groups is 2. The van der Waals surface area contributed by atoms with Gasteiger partial charge in [0.15, 0.2) is 4.34 Å². The quantitative estimate of drug-likeness (QED) is 0.0473. The molecule has 4 aromatic rings. The number of carbonyl (C=O) groups excluding carboxylic acids is 2. The number of hydrogen-bond acceptors (Lipinski definition) is 9. The zero-order chi connectivity index (χ0) is 29.5. The number of aliphatic hydroxyl groups excluding tert-OH is 1. The van der Waals surface area contributed by atoms with Crippen LogP contribution >= 0.6 is 23.1 Å². The van der Waals surface area contributed by atoms with E-state index in [1.807, 2.05) is 37.3 Å². The van der Waals surface area contributed by atoms with Crippen molar-refractivity contribution in [3.8, 4) is 11.5 Å². The summed E-state index contributed by atoms with van der Waals surface area (Å²) in [7, 11) is 0. The summed E-state index contributed by atoms with van der Waals surface area (Å²) in [5.74, 6) is 0.0698. The molecule has 2 heterocycles. The third kappa shape index (κ3) is 6.40. The van der Waals surface area contributed by atoms with E-state index in [0.29, 0.717) is 45.9 Å². The average molecular weight is 600 g/mol. The number of rotatable bonds is 12. The van der Waals surface area contributed by atoms with Gasteiger partial charge in [0, 0.05) is 11.3 Å². The molecule has 1 aliphatic heterocycles. The second-order valence-electron chi connectivity index (χ2n) is 9.34. The van der Waals surface area contributed by atoms with Crippen molar-refractivity contribution in [1.29, 1.82) is 0 Å². The van der Waals surface area contributed by atoms with Gasteiger partial charge in [-0.15, -0.1) is 10.2 Å². The first-order valence-corrected chi connectivity index (χ1v) is 15.2. The first-order chi connectivity index (χ1) is 20.5. The van der Waals surface area contributed by atoms with Crippen molar-refractivity contribution < 1.29 is 24.2 Å². The maximum absolute atomic E-state index is 13.5. The Bertz CT molecular complexity index is 1580. The first kappa shape index (κ1) is 29.1. The van der Waals surface area contributed by atoms with Crippen LogP contribution < -0.4 is 14.4 Å². The van der Waals surface area contributed by atoms with Crippen LogP contribution in [-0.2, 0) is 15.3 Å². The van der Waals surface area contributed by atoms with Crippen LogP contribution in [0.25, 0.3) is 5.76 Å². The molecule has 214 valence electrons. The van der Waals surface area contributed by atoms with Crippen molar-refractivity contribution in [2.75, 3.05) is 18.1 Å². The van der Waals surface area contributed by atoms with Crippen molar-refractivity contribution in [2.24, 2.45) is 0 Å². The molecule has 0 saturated carbocycles. The van der Waals surface area contributed by atoms with Crippen LogP contribution in [0.2, 0.25) is 0 Å². The monoisotopic (exact) mass is 599 g/mol. The molecule has 1 unspecified atom stereocenters. The fourth-order valence-electron chi connectivity index (χ4n) is 4.41. The highest BCUT2D eigenvalue weighted by molar-refractivity contribution is 8.00. The van der Waals surface area contributed by atoms with E-state index >= 15 is 0 Å². The molecule has 5 rings (SSSR count). The van der Waals surface area contributed by atoms with Crippen LogP contribution in [0.15, 0.2) is 101 Å². The summed E-state index contributed by atoms with van der Waals surface area (Å²) in [5.41, 5.74) is 2.10. The number of anilines is 1. The normalized spacial score (nSPS) is 16.0. The Balaban J connectivity index is 1.51. The van der Waals surface area contributed by atoms with Gasteiger partial charge in [-0.25, -0.2) is 0 Å². The third-order valence-electron chi connectivity index (χ3n) is 6.42. The predicted molar refractivity (Wildman–Crippen MR) is 165 cm³/mol. The van der Waals surface area contributed by atoms with Gasteiger partial charge in [-0.1, -0.05) is 85.1 Å². The van der Waals surface area contributed by atoms with Gasteiger partial charge in [-0.05, 0) is 53.9 Å². The Hall–Kier alpha value is -4.41. The zero-order valence-corrected chi connectivity index (χ0v) is 24.6. The number of ketones is 1. The highest BCUT2D eigenvalue weighted by Crippen LogP contribution is 2.44. The Kier molecular flexibility index (Phi) is 9.35. The standard InChI is InChI=1S/C32H29N3O5S2/c1-3-18-39-24-14-10-22(11-15-24)27-26(28(36)23-12-16-25(17-13-23)40-19-4-2)29(37)30(38)35(27)31-33-34-32(42-31)41-20-21-8-6-5-7-9-21/h3,5-17,27,36H,1,4,18-20H2,2H3/b28-26+. The van der Waals surface area contributed by atoms with Gasteiger partial charge in [-0.3, -0.25) is 14.5 Å². The van der Waals surface area contributed by atoms with Crippen LogP contribution in [0.5, 0.6) is 11.5 Å². The largest absolute Gasteiger partial charge is 0.507 e. The van der Waals surface area contributed by atoms with Gasteiger partial charge in [0.1, 0.15) is 23.9 Å². The second-order valence-corrected chi connectivity index (χ2v) is 11.5. The molecule has 0 spiro atoms. The van der Waals surface area contributed by atoms with Gasteiger partial charge < -0.3 is 14.6 Å². The third-order valence-corrected chi connectivity index (χ3v) is 8.54. The van der Waals surface area contributed by atoms with Gasteiger partial charge >= 0.3 is 5.91 Å². The maximum Gasteiger partial charge on any atom is 0.301 e. The Morgan fingerprint density at radius 2 is 1.69 bits per heavy atom. The molecule has 42 heavy (non-hydrogen) atoms. The van der Waals surface area contributed by atoms with Crippen molar-refractivity contribution in [3.63, 3.8) is 0 Å². The summed E-state index contributed by atoms with van der Waals surface area (Å²) >= 11 is 2.72. The second kappa shape index (κ2) is 13.5. The van der Waals surface area contributed by atoms with E-state index in [1.54, 1.807) is 54.6 Å². The molecule has 1 saturated heterocycles. The summed E-state index contributed by atoms with van der Waals surface area (Å²) in [5, 5.41) is 20.3. The van der Waals surface area contributed by atoms with Crippen molar-refractivity contribution in [1.82, 2.24) is 10.2 Å². The number of thioether (sulfide) groups is 1. The molecule has 1 N–H and O–H groups in total.